The zero-order valence-electron chi connectivity index (χ0n) is 11.4. The van der Waals surface area contributed by atoms with Crippen LogP contribution >= 0.6 is 0 Å². The van der Waals surface area contributed by atoms with E-state index in [2.05, 4.69) is 0 Å². The fraction of sp³-hybridized carbons (Fsp3) is 0.286. The third kappa shape index (κ3) is 3.09. The van der Waals surface area contributed by atoms with Crippen LogP contribution in [0.1, 0.15) is 24.2 Å². The summed E-state index contributed by atoms with van der Waals surface area (Å²) in [6.07, 6.45) is 2.31. The number of furan rings is 1. The van der Waals surface area contributed by atoms with Crippen molar-refractivity contribution in [3.05, 3.63) is 54.0 Å². The Labute approximate surface area is 118 Å². The summed E-state index contributed by atoms with van der Waals surface area (Å²) in [5.41, 5.74) is 1.35. The minimum absolute atomic E-state index is 0.168. The second-order valence-electron chi connectivity index (χ2n) is 4.64. The number of aliphatic hydroxyl groups is 1. The van der Waals surface area contributed by atoms with Crippen LogP contribution in [0.15, 0.2) is 52.2 Å². The summed E-state index contributed by atoms with van der Waals surface area (Å²) in [4.78, 5) is 0.168. The molecule has 20 heavy (non-hydrogen) atoms. The Balaban J connectivity index is 2.27. The van der Waals surface area contributed by atoms with Gasteiger partial charge >= 0.3 is 0 Å². The lowest BCUT2D eigenvalue weighted by molar-refractivity contribution is 0.199. The van der Waals surface area contributed by atoms with Crippen molar-refractivity contribution < 1.29 is 17.9 Å². The van der Waals surface area contributed by atoms with Crippen LogP contribution in [0.25, 0.3) is 0 Å². The van der Waals surface area contributed by atoms with Gasteiger partial charge in [-0.05, 0) is 30.7 Å². The molecule has 0 amide bonds. The van der Waals surface area contributed by atoms with Crippen LogP contribution in [0.5, 0.6) is 0 Å². The standard InChI is InChI=1S/C14H17NO4S/c1-11(16)13-4-3-5-14(8-13)20(17,18)15(2)9-12-6-7-19-10-12/h3-8,10-11,16H,9H2,1-2H3. The number of hydrogen-bond acceptors (Lipinski definition) is 4. The van der Waals surface area contributed by atoms with Crippen molar-refractivity contribution in [2.45, 2.75) is 24.5 Å². The third-order valence-corrected chi connectivity index (χ3v) is 4.83. The summed E-state index contributed by atoms with van der Waals surface area (Å²) in [6.45, 7) is 1.83. The molecule has 6 heteroatoms. The van der Waals surface area contributed by atoms with Gasteiger partial charge in [0.05, 0.1) is 23.5 Å². The first-order valence-electron chi connectivity index (χ1n) is 6.16. The summed E-state index contributed by atoms with van der Waals surface area (Å²) in [6, 6.07) is 8.05. The molecular formula is C14H17NO4S. The van der Waals surface area contributed by atoms with Crippen LogP contribution in [0.3, 0.4) is 0 Å². The highest BCUT2D eigenvalue weighted by Gasteiger charge is 2.21. The zero-order valence-corrected chi connectivity index (χ0v) is 12.2. The molecule has 0 bridgehead atoms. The summed E-state index contributed by atoms with van der Waals surface area (Å²) in [7, 11) is -2.08. The van der Waals surface area contributed by atoms with Crippen LogP contribution in [0, 0.1) is 0 Å². The molecule has 0 aliphatic carbocycles. The van der Waals surface area contributed by atoms with E-state index >= 15 is 0 Å². The maximum Gasteiger partial charge on any atom is 0.243 e. The second kappa shape index (κ2) is 5.78. The second-order valence-corrected chi connectivity index (χ2v) is 6.69. The van der Waals surface area contributed by atoms with E-state index in [1.807, 2.05) is 0 Å². The van der Waals surface area contributed by atoms with Gasteiger partial charge < -0.3 is 9.52 Å². The van der Waals surface area contributed by atoms with Gasteiger partial charge in [-0.25, -0.2) is 8.42 Å². The molecule has 1 unspecified atom stereocenters. The third-order valence-electron chi connectivity index (χ3n) is 3.03. The average Bonchev–Trinajstić information content (AvgIpc) is 2.91. The molecule has 0 saturated heterocycles. The number of hydrogen-bond donors (Lipinski definition) is 1. The molecule has 1 heterocycles. The summed E-state index contributed by atoms with van der Waals surface area (Å²) >= 11 is 0. The van der Waals surface area contributed by atoms with Crippen LogP contribution in [0.4, 0.5) is 0 Å². The molecule has 108 valence electrons. The predicted molar refractivity (Wildman–Crippen MR) is 74.4 cm³/mol. The summed E-state index contributed by atoms with van der Waals surface area (Å²) < 4.78 is 31.1. The lowest BCUT2D eigenvalue weighted by atomic mass is 10.1. The van der Waals surface area contributed by atoms with E-state index in [1.54, 1.807) is 25.1 Å². The topological polar surface area (TPSA) is 70.8 Å². The Bertz CT molecular complexity index is 662. The van der Waals surface area contributed by atoms with Crippen molar-refractivity contribution in [1.29, 1.82) is 0 Å². The van der Waals surface area contributed by atoms with E-state index in [9.17, 15) is 13.5 Å². The average molecular weight is 295 g/mol. The van der Waals surface area contributed by atoms with Gasteiger partial charge in [0.25, 0.3) is 0 Å². The van der Waals surface area contributed by atoms with Gasteiger partial charge in [0.15, 0.2) is 0 Å². The van der Waals surface area contributed by atoms with E-state index in [4.69, 9.17) is 4.42 Å². The first-order valence-corrected chi connectivity index (χ1v) is 7.60. The van der Waals surface area contributed by atoms with Crippen molar-refractivity contribution in [2.75, 3.05) is 7.05 Å². The van der Waals surface area contributed by atoms with Crippen molar-refractivity contribution >= 4 is 10.0 Å². The first kappa shape index (κ1) is 14.8. The van der Waals surface area contributed by atoms with Gasteiger partial charge in [-0.3, -0.25) is 0 Å². The van der Waals surface area contributed by atoms with Gasteiger partial charge in [0.2, 0.25) is 10.0 Å². The molecule has 5 nitrogen and oxygen atoms in total. The minimum Gasteiger partial charge on any atom is -0.472 e. The number of nitrogens with zero attached hydrogens (tertiary/aromatic N) is 1. The zero-order chi connectivity index (χ0) is 14.8. The van der Waals surface area contributed by atoms with Gasteiger partial charge in [-0.15, -0.1) is 0 Å². The first-order chi connectivity index (χ1) is 9.41. The number of benzene rings is 1. The molecule has 0 saturated carbocycles. The van der Waals surface area contributed by atoms with Crippen LogP contribution in [-0.2, 0) is 16.6 Å². The maximum absolute atomic E-state index is 12.4. The van der Waals surface area contributed by atoms with E-state index in [0.29, 0.717) is 5.56 Å². The van der Waals surface area contributed by atoms with E-state index < -0.39 is 16.1 Å². The fourth-order valence-electron chi connectivity index (χ4n) is 1.84. The summed E-state index contributed by atoms with van der Waals surface area (Å²) in [5.74, 6) is 0. The van der Waals surface area contributed by atoms with E-state index in [0.717, 1.165) is 5.56 Å². The Morgan fingerprint density at radius 3 is 2.70 bits per heavy atom. The molecule has 1 N–H and O–H groups in total. The number of sulfonamides is 1. The van der Waals surface area contributed by atoms with Crippen molar-refractivity contribution in [2.24, 2.45) is 0 Å². The molecule has 2 rings (SSSR count). The van der Waals surface area contributed by atoms with E-state index in [1.165, 1.54) is 36.0 Å². The Morgan fingerprint density at radius 1 is 1.35 bits per heavy atom. The van der Waals surface area contributed by atoms with Crippen molar-refractivity contribution in [1.82, 2.24) is 4.31 Å². The van der Waals surface area contributed by atoms with Crippen LogP contribution < -0.4 is 0 Å². The maximum atomic E-state index is 12.4. The van der Waals surface area contributed by atoms with E-state index in [-0.39, 0.29) is 11.4 Å². The largest absolute Gasteiger partial charge is 0.472 e. The molecule has 0 radical (unpaired) electrons. The van der Waals surface area contributed by atoms with Gasteiger partial charge in [-0.2, -0.15) is 4.31 Å². The molecule has 0 spiro atoms. The van der Waals surface area contributed by atoms with Gasteiger partial charge in [0, 0.05) is 19.2 Å². The molecular weight excluding hydrogens is 278 g/mol. The molecule has 0 fully saturated rings. The number of rotatable bonds is 5. The number of aliphatic hydroxyl groups excluding tert-OH is 1. The normalized spacial score (nSPS) is 13.6. The quantitative estimate of drug-likeness (QED) is 0.917. The SMILES string of the molecule is CC(O)c1cccc(S(=O)(=O)N(C)Cc2ccoc2)c1. The lowest BCUT2D eigenvalue weighted by Crippen LogP contribution is -2.26. The molecule has 0 aliphatic rings. The Morgan fingerprint density at radius 2 is 2.10 bits per heavy atom. The highest BCUT2D eigenvalue weighted by Crippen LogP contribution is 2.21. The molecule has 1 aromatic carbocycles. The fourth-order valence-corrected chi connectivity index (χ4v) is 3.05. The minimum atomic E-state index is -3.59. The van der Waals surface area contributed by atoms with Crippen molar-refractivity contribution in [3.8, 4) is 0 Å². The lowest BCUT2D eigenvalue weighted by Gasteiger charge is -2.17. The predicted octanol–water partition coefficient (Wildman–Crippen LogP) is 2.15. The summed E-state index contributed by atoms with van der Waals surface area (Å²) in [5, 5.41) is 9.54. The highest BCUT2D eigenvalue weighted by molar-refractivity contribution is 7.89. The van der Waals surface area contributed by atoms with Crippen molar-refractivity contribution in [3.63, 3.8) is 0 Å². The Kier molecular flexibility index (Phi) is 4.27. The monoisotopic (exact) mass is 295 g/mol. The molecule has 1 aromatic heterocycles. The highest BCUT2D eigenvalue weighted by atomic mass is 32.2. The molecule has 2 aromatic rings. The Hall–Kier alpha value is -1.63. The van der Waals surface area contributed by atoms with Crippen LogP contribution in [-0.4, -0.2) is 24.9 Å². The van der Waals surface area contributed by atoms with Gasteiger partial charge in [0.1, 0.15) is 0 Å². The van der Waals surface area contributed by atoms with Crippen LogP contribution in [0.2, 0.25) is 0 Å². The van der Waals surface area contributed by atoms with Gasteiger partial charge in [-0.1, -0.05) is 12.1 Å². The smallest absolute Gasteiger partial charge is 0.243 e. The molecule has 0 aliphatic heterocycles. The molecule has 1 atom stereocenters.